The zero-order chi connectivity index (χ0) is 17.6. The predicted octanol–water partition coefficient (Wildman–Crippen LogP) is 4.17. The van der Waals surface area contributed by atoms with Gasteiger partial charge < -0.3 is 5.32 Å². The van der Waals surface area contributed by atoms with Crippen LogP contribution in [0.4, 0.5) is 4.39 Å². The molecule has 25 heavy (non-hydrogen) atoms. The predicted molar refractivity (Wildman–Crippen MR) is 96.8 cm³/mol. The molecule has 3 aromatic rings. The smallest absolute Gasteiger partial charge is 0.253 e. The quantitative estimate of drug-likeness (QED) is 0.761. The molecule has 0 spiro atoms. The van der Waals surface area contributed by atoms with Gasteiger partial charge in [0, 0.05) is 12.1 Å². The van der Waals surface area contributed by atoms with Crippen LogP contribution in [-0.2, 0) is 6.42 Å². The van der Waals surface area contributed by atoms with E-state index in [0.29, 0.717) is 29.8 Å². The summed E-state index contributed by atoms with van der Waals surface area (Å²) in [6.45, 7) is 2.19. The summed E-state index contributed by atoms with van der Waals surface area (Å²) in [5.41, 5.74) is 3.65. The summed E-state index contributed by atoms with van der Waals surface area (Å²) < 4.78 is 13.6. The summed E-state index contributed by atoms with van der Waals surface area (Å²) in [5.74, 6) is -0.442. The van der Waals surface area contributed by atoms with Gasteiger partial charge in [0.05, 0.1) is 17.0 Å². The molecule has 4 heteroatoms. The molecule has 0 saturated heterocycles. The van der Waals surface area contributed by atoms with Gasteiger partial charge in [0.15, 0.2) is 0 Å². The van der Waals surface area contributed by atoms with Crippen molar-refractivity contribution in [3.63, 3.8) is 0 Å². The Bertz CT molecular complexity index is 878. The number of pyridine rings is 1. The number of carbonyl (C=O) groups is 1. The third kappa shape index (κ3) is 4.10. The van der Waals surface area contributed by atoms with Crippen LogP contribution in [0.2, 0.25) is 0 Å². The van der Waals surface area contributed by atoms with Crippen molar-refractivity contribution in [2.45, 2.75) is 13.3 Å². The van der Waals surface area contributed by atoms with E-state index in [1.807, 2.05) is 43.3 Å². The van der Waals surface area contributed by atoms with Crippen molar-refractivity contribution in [3.8, 4) is 11.3 Å². The minimum atomic E-state index is -0.248. The molecule has 0 radical (unpaired) electrons. The third-order valence-electron chi connectivity index (χ3n) is 4.04. The number of halogens is 1. The second-order valence-electron chi connectivity index (χ2n) is 5.79. The zero-order valence-electron chi connectivity index (χ0n) is 14.0. The second kappa shape index (κ2) is 7.71. The lowest BCUT2D eigenvalue weighted by Gasteiger charge is -2.09. The van der Waals surface area contributed by atoms with E-state index in [1.165, 1.54) is 6.07 Å². The summed E-state index contributed by atoms with van der Waals surface area (Å²) in [5, 5.41) is 2.83. The van der Waals surface area contributed by atoms with Gasteiger partial charge in [-0.3, -0.25) is 9.78 Å². The third-order valence-corrected chi connectivity index (χ3v) is 4.04. The molecule has 1 heterocycles. The van der Waals surface area contributed by atoms with Crippen LogP contribution >= 0.6 is 0 Å². The highest BCUT2D eigenvalue weighted by molar-refractivity contribution is 5.95. The van der Waals surface area contributed by atoms with Gasteiger partial charge in [0.25, 0.3) is 5.91 Å². The molecular formula is C21H19FN2O. The molecule has 3 nitrogen and oxygen atoms in total. The van der Waals surface area contributed by atoms with Crippen LogP contribution < -0.4 is 5.32 Å². The van der Waals surface area contributed by atoms with Crippen LogP contribution in [0.15, 0.2) is 66.7 Å². The van der Waals surface area contributed by atoms with Crippen molar-refractivity contribution in [2.24, 2.45) is 0 Å². The topological polar surface area (TPSA) is 42.0 Å². The molecule has 0 aliphatic heterocycles. The first-order valence-electron chi connectivity index (χ1n) is 8.20. The number of hydrogen-bond acceptors (Lipinski definition) is 2. The fraction of sp³-hybridized carbons (Fsp3) is 0.143. The minimum Gasteiger partial charge on any atom is -0.352 e. The monoisotopic (exact) mass is 334 g/mol. The van der Waals surface area contributed by atoms with Crippen molar-refractivity contribution in [2.75, 3.05) is 6.54 Å². The molecular weight excluding hydrogens is 315 g/mol. The molecule has 0 aliphatic rings. The number of aromatic nitrogens is 1. The number of hydrogen-bond donors (Lipinski definition) is 1. The molecule has 2 aromatic carbocycles. The van der Waals surface area contributed by atoms with Gasteiger partial charge in [-0.2, -0.15) is 0 Å². The average Bonchev–Trinajstić information content (AvgIpc) is 2.64. The minimum absolute atomic E-state index is 0.194. The first kappa shape index (κ1) is 16.8. The van der Waals surface area contributed by atoms with Crippen LogP contribution in [0.3, 0.4) is 0 Å². The van der Waals surface area contributed by atoms with Crippen molar-refractivity contribution in [1.82, 2.24) is 10.3 Å². The normalized spacial score (nSPS) is 10.5. The van der Waals surface area contributed by atoms with Gasteiger partial charge >= 0.3 is 0 Å². The van der Waals surface area contributed by atoms with Crippen LogP contribution in [0.25, 0.3) is 11.3 Å². The number of nitrogens with one attached hydrogen (secondary N) is 1. The summed E-state index contributed by atoms with van der Waals surface area (Å²) in [4.78, 5) is 16.9. The lowest BCUT2D eigenvalue weighted by Crippen LogP contribution is -2.26. The van der Waals surface area contributed by atoms with E-state index in [9.17, 15) is 9.18 Å². The standard InChI is InChI=1S/C21H19FN2O/c1-15-18(11-12-20(24-15)17-8-3-2-4-9-17)21(25)23-14-13-16-7-5-6-10-19(16)22/h2-12H,13-14H2,1H3,(H,23,25). The highest BCUT2D eigenvalue weighted by atomic mass is 19.1. The lowest BCUT2D eigenvalue weighted by atomic mass is 10.1. The molecule has 0 fully saturated rings. The van der Waals surface area contributed by atoms with Crippen molar-refractivity contribution < 1.29 is 9.18 Å². The van der Waals surface area contributed by atoms with Crippen LogP contribution in [0.5, 0.6) is 0 Å². The molecule has 0 atom stereocenters. The number of carbonyl (C=O) groups excluding carboxylic acids is 1. The van der Waals surface area contributed by atoms with Crippen LogP contribution in [0, 0.1) is 12.7 Å². The summed E-state index contributed by atoms with van der Waals surface area (Å²) in [6.07, 6.45) is 0.451. The molecule has 0 bridgehead atoms. The van der Waals surface area contributed by atoms with Crippen LogP contribution in [0.1, 0.15) is 21.6 Å². The maximum atomic E-state index is 13.6. The van der Waals surface area contributed by atoms with E-state index in [2.05, 4.69) is 10.3 Å². The number of benzene rings is 2. The fourth-order valence-electron chi connectivity index (χ4n) is 2.68. The van der Waals surface area contributed by atoms with Gasteiger partial charge in [0.2, 0.25) is 0 Å². The molecule has 0 saturated carbocycles. The Morgan fingerprint density at radius 1 is 1.00 bits per heavy atom. The maximum Gasteiger partial charge on any atom is 0.253 e. The molecule has 0 aliphatic carbocycles. The Hall–Kier alpha value is -3.01. The average molecular weight is 334 g/mol. The second-order valence-corrected chi connectivity index (χ2v) is 5.79. The zero-order valence-corrected chi connectivity index (χ0v) is 14.0. The molecule has 3 rings (SSSR count). The summed E-state index contributed by atoms with van der Waals surface area (Å²) in [6, 6.07) is 20.0. The van der Waals surface area contributed by atoms with E-state index in [1.54, 1.807) is 24.3 Å². The molecule has 0 unspecified atom stereocenters. The Labute approximate surface area is 146 Å². The summed E-state index contributed by atoms with van der Waals surface area (Å²) in [7, 11) is 0. The number of rotatable bonds is 5. The van der Waals surface area contributed by atoms with Gasteiger partial charge in [0.1, 0.15) is 5.82 Å². The Morgan fingerprint density at radius 2 is 1.72 bits per heavy atom. The fourth-order valence-corrected chi connectivity index (χ4v) is 2.68. The molecule has 1 aromatic heterocycles. The highest BCUT2D eigenvalue weighted by Gasteiger charge is 2.11. The first-order valence-corrected chi connectivity index (χ1v) is 8.20. The van der Waals surface area contributed by atoms with E-state index in [0.717, 1.165) is 11.3 Å². The van der Waals surface area contributed by atoms with Crippen LogP contribution in [-0.4, -0.2) is 17.4 Å². The maximum absolute atomic E-state index is 13.6. The molecule has 1 N–H and O–H groups in total. The number of amides is 1. The van der Waals surface area contributed by atoms with E-state index in [4.69, 9.17) is 0 Å². The Balaban J connectivity index is 1.65. The van der Waals surface area contributed by atoms with Crippen molar-refractivity contribution in [3.05, 3.63) is 89.4 Å². The van der Waals surface area contributed by atoms with E-state index in [-0.39, 0.29) is 11.7 Å². The van der Waals surface area contributed by atoms with Crippen molar-refractivity contribution in [1.29, 1.82) is 0 Å². The molecule has 126 valence electrons. The van der Waals surface area contributed by atoms with E-state index < -0.39 is 0 Å². The summed E-state index contributed by atoms with van der Waals surface area (Å²) >= 11 is 0. The van der Waals surface area contributed by atoms with Gasteiger partial charge in [-0.1, -0.05) is 48.5 Å². The Kier molecular flexibility index (Phi) is 5.19. The van der Waals surface area contributed by atoms with Gasteiger partial charge in [-0.05, 0) is 37.1 Å². The largest absolute Gasteiger partial charge is 0.352 e. The Morgan fingerprint density at radius 3 is 2.44 bits per heavy atom. The van der Waals surface area contributed by atoms with Gasteiger partial charge in [-0.15, -0.1) is 0 Å². The van der Waals surface area contributed by atoms with Gasteiger partial charge in [-0.25, -0.2) is 4.39 Å². The SMILES string of the molecule is Cc1nc(-c2ccccc2)ccc1C(=O)NCCc1ccccc1F. The first-order chi connectivity index (χ1) is 12.1. The van der Waals surface area contributed by atoms with Crippen molar-refractivity contribution >= 4 is 5.91 Å². The van der Waals surface area contributed by atoms with E-state index >= 15 is 0 Å². The molecule has 1 amide bonds. The number of aryl methyl sites for hydroxylation is 1. The number of nitrogens with zero attached hydrogens (tertiary/aromatic N) is 1. The lowest BCUT2D eigenvalue weighted by molar-refractivity contribution is 0.0953. The highest BCUT2D eigenvalue weighted by Crippen LogP contribution is 2.18.